The summed E-state index contributed by atoms with van der Waals surface area (Å²) >= 11 is 5.56. The predicted octanol–water partition coefficient (Wildman–Crippen LogP) is 3.83. The largest absolute Gasteiger partial charge is 0.376 e. The van der Waals surface area contributed by atoms with Gasteiger partial charge >= 0.3 is 0 Å². The third-order valence-corrected chi connectivity index (χ3v) is 6.07. The van der Waals surface area contributed by atoms with E-state index in [-0.39, 0.29) is 16.4 Å². The van der Waals surface area contributed by atoms with Crippen molar-refractivity contribution in [2.45, 2.75) is 31.7 Å². The number of thiocarbonyl (C=S) groups is 1. The molecule has 0 unspecified atom stereocenters. The van der Waals surface area contributed by atoms with Gasteiger partial charge in [0.1, 0.15) is 30.3 Å². The molecular formula is C22H21F3N4O2S. The van der Waals surface area contributed by atoms with E-state index in [1.54, 1.807) is 11.0 Å². The van der Waals surface area contributed by atoms with Crippen LogP contribution >= 0.6 is 12.2 Å². The first-order valence-corrected chi connectivity index (χ1v) is 10.2. The van der Waals surface area contributed by atoms with E-state index in [1.807, 2.05) is 6.92 Å². The fourth-order valence-corrected chi connectivity index (χ4v) is 4.20. The number of halogens is 3. The SMILES string of the molecule is CNC(=O)c1ccc(N(C(=S)N(CO)c2cc(F)c(C#N)cc2F)C2(C)CCC2)cc1F. The molecule has 1 fully saturated rings. The maximum atomic E-state index is 14.7. The molecule has 0 spiro atoms. The van der Waals surface area contributed by atoms with Gasteiger partial charge in [0.25, 0.3) is 5.91 Å². The molecule has 32 heavy (non-hydrogen) atoms. The molecular weight excluding hydrogens is 441 g/mol. The van der Waals surface area contributed by atoms with E-state index in [4.69, 9.17) is 17.5 Å². The summed E-state index contributed by atoms with van der Waals surface area (Å²) < 4.78 is 43.5. The van der Waals surface area contributed by atoms with Gasteiger partial charge < -0.3 is 15.3 Å². The summed E-state index contributed by atoms with van der Waals surface area (Å²) in [6.45, 7) is 1.10. The van der Waals surface area contributed by atoms with Gasteiger partial charge in [-0.3, -0.25) is 9.69 Å². The number of carbonyl (C=O) groups excluding carboxylic acids is 1. The minimum atomic E-state index is -0.965. The van der Waals surface area contributed by atoms with Gasteiger partial charge in [-0.1, -0.05) is 0 Å². The molecule has 0 bridgehead atoms. The Balaban J connectivity index is 2.08. The smallest absolute Gasteiger partial charge is 0.253 e. The van der Waals surface area contributed by atoms with Gasteiger partial charge in [-0.2, -0.15) is 5.26 Å². The van der Waals surface area contributed by atoms with Crippen molar-refractivity contribution in [3.8, 4) is 6.07 Å². The van der Waals surface area contributed by atoms with Crippen LogP contribution in [0.2, 0.25) is 0 Å². The molecule has 0 aliphatic heterocycles. The van der Waals surface area contributed by atoms with E-state index in [1.165, 1.54) is 19.2 Å². The minimum absolute atomic E-state index is 0.0789. The lowest BCUT2D eigenvalue weighted by Crippen LogP contribution is -2.58. The molecule has 1 amide bonds. The Morgan fingerprint density at radius 1 is 1.22 bits per heavy atom. The number of rotatable bonds is 5. The van der Waals surface area contributed by atoms with Crippen LogP contribution in [0.1, 0.15) is 42.1 Å². The van der Waals surface area contributed by atoms with E-state index in [2.05, 4.69) is 5.32 Å². The zero-order valence-electron chi connectivity index (χ0n) is 17.5. The Morgan fingerprint density at radius 3 is 2.41 bits per heavy atom. The summed E-state index contributed by atoms with van der Waals surface area (Å²) in [6.07, 6.45) is 2.26. The maximum Gasteiger partial charge on any atom is 0.253 e. The number of nitrogens with zero attached hydrogens (tertiary/aromatic N) is 3. The van der Waals surface area contributed by atoms with Gasteiger partial charge in [-0.25, -0.2) is 13.2 Å². The molecule has 0 aromatic heterocycles. The van der Waals surface area contributed by atoms with Crippen LogP contribution in [-0.4, -0.2) is 35.4 Å². The maximum absolute atomic E-state index is 14.7. The molecule has 2 aromatic rings. The van der Waals surface area contributed by atoms with Crippen LogP contribution in [-0.2, 0) is 0 Å². The van der Waals surface area contributed by atoms with Crippen LogP contribution in [0, 0.1) is 28.8 Å². The quantitative estimate of drug-likeness (QED) is 0.520. The van der Waals surface area contributed by atoms with Crippen LogP contribution in [0.4, 0.5) is 24.5 Å². The van der Waals surface area contributed by atoms with Crippen molar-refractivity contribution >= 4 is 34.6 Å². The van der Waals surface area contributed by atoms with Crippen molar-refractivity contribution < 1.29 is 23.1 Å². The van der Waals surface area contributed by atoms with Crippen LogP contribution < -0.4 is 15.1 Å². The predicted molar refractivity (Wildman–Crippen MR) is 118 cm³/mol. The number of anilines is 2. The number of aliphatic hydroxyl groups excluding tert-OH is 1. The summed E-state index contributed by atoms with van der Waals surface area (Å²) in [5.74, 6) is -3.28. The second kappa shape index (κ2) is 9.14. The highest BCUT2D eigenvalue weighted by Gasteiger charge is 2.42. The fourth-order valence-electron chi connectivity index (χ4n) is 3.72. The lowest BCUT2D eigenvalue weighted by molar-refractivity contribution is 0.0959. The second-order valence-electron chi connectivity index (χ2n) is 7.68. The third kappa shape index (κ3) is 4.13. The van der Waals surface area contributed by atoms with Gasteiger partial charge in [0, 0.05) is 24.3 Å². The highest BCUT2D eigenvalue weighted by molar-refractivity contribution is 7.80. The molecule has 0 heterocycles. The highest BCUT2D eigenvalue weighted by Crippen LogP contribution is 2.42. The Hall–Kier alpha value is -3.16. The molecule has 1 aliphatic rings. The zero-order valence-corrected chi connectivity index (χ0v) is 18.3. The highest BCUT2D eigenvalue weighted by atomic mass is 32.1. The molecule has 1 saturated carbocycles. The van der Waals surface area contributed by atoms with Gasteiger partial charge in [-0.15, -0.1) is 0 Å². The molecule has 168 valence electrons. The van der Waals surface area contributed by atoms with Crippen LogP contribution in [0.25, 0.3) is 0 Å². The first-order chi connectivity index (χ1) is 15.2. The van der Waals surface area contributed by atoms with E-state index >= 15 is 0 Å². The Labute approximate surface area is 188 Å². The van der Waals surface area contributed by atoms with Crippen molar-refractivity contribution in [1.29, 1.82) is 5.26 Å². The first kappa shape index (κ1) is 23.5. The average Bonchev–Trinajstić information content (AvgIpc) is 2.74. The van der Waals surface area contributed by atoms with Gasteiger partial charge in [0.2, 0.25) is 0 Å². The van der Waals surface area contributed by atoms with Crippen molar-refractivity contribution in [3.63, 3.8) is 0 Å². The molecule has 1 aliphatic carbocycles. The van der Waals surface area contributed by atoms with Crippen LogP contribution in [0.15, 0.2) is 30.3 Å². The molecule has 0 radical (unpaired) electrons. The average molecular weight is 462 g/mol. The van der Waals surface area contributed by atoms with E-state index in [0.717, 1.165) is 29.5 Å². The Bertz CT molecular complexity index is 1120. The molecule has 10 heteroatoms. The molecule has 6 nitrogen and oxygen atoms in total. The van der Waals surface area contributed by atoms with Crippen molar-refractivity contribution in [1.82, 2.24) is 5.32 Å². The molecule has 2 aromatic carbocycles. The van der Waals surface area contributed by atoms with Gasteiger partial charge in [-0.05, 0) is 62.7 Å². The topological polar surface area (TPSA) is 79.6 Å². The summed E-state index contributed by atoms with van der Waals surface area (Å²) in [4.78, 5) is 14.4. The van der Waals surface area contributed by atoms with Gasteiger partial charge in [0.05, 0.1) is 16.8 Å². The monoisotopic (exact) mass is 462 g/mol. The van der Waals surface area contributed by atoms with Crippen molar-refractivity contribution in [2.75, 3.05) is 23.6 Å². The number of hydrogen-bond donors (Lipinski definition) is 2. The number of aliphatic hydroxyl groups is 1. The van der Waals surface area contributed by atoms with Crippen LogP contribution in [0.5, 0.6) is 0 Å². The van der Waals surface area contributed by atoms with E-state index in [9.17, 15) is 23.1 Å². The Morgan fingerprint density at radius 2 is 1.91 bits per heavy atom. The minimum Gasteiger partial charge on any atom is -0.376 e. The third-order valence-electron chi connectivity index (χ3n) is 5.66. The summed E-state index contributed by atoms with van der Waals surface area (Å²) in [5, 5.41) is 21.2. The number of nitriles is 1. The van der Waals surface area contributed by atoms with E-state index in [0.29, 0.717) is 18.5 Å². The fraction of sp³-hybridized carbons (Fsp3) is 0.318. The zero-order chi connectivity index (χ0) is 23.6. The Kier molecular flexibility index (Phi) is 6.71. The summed E-state index contributed by atoms with van der Waals surface area (Å²) in [7, 11) is 1.39. The molecule has 0 saturated heterocycles. The van der Waals surface area contributed by atoms with Crippen molar-refractivity contribution in [3.05, 3.63) is 58.9 Å². The van der Waals surface area contributed by atoms with Gasteiger partial charge in [0.15, 0.2) is 5.11 Å². The molecule has 0 atom stereocenters. The number of benzene rings is 2. The standard InChI is InChI=1S/C22H21F3N4O2S/c1-22(6-3-7-22)29(14-4-5-15(17(24)9-14)20(31)27-2)21(32)28(12-30)19-10-16(23)13(11-26)8-18(19)25/h4-5,8-10,30H,3,6-7,12H2,1-2H3,(H,27,31). The number of nitrogens with one attached hydrogen (secondary N) is 1. The normalized spacial score (nSPS) is 14.2. The number of amides is 1. The number of hydrogen-bond acceptors (Lipinski definition) is 4. The van der Waals surface area contributed by atoms with E-state index < -0.39 is 41.2 Å². The van der Waals surface area contributed by atoms with Crippen molar-refractivity contribution in [2.24, 2.45) is 0 Å². The second-order valence-corrected chi connectivity index (χ2v) is 8.04. The lowest BCUT2D eigenvalue weighted by atomic mass is 9.77. The van der Waals surface area contributed by atoms with Crippen LogP contribution in [0.3, 0.4) is 0 Å². The summed E-state index contributed by atoms with van der Waals surface area (Å²) in [6, 6.07) is 7.03. The summed E-state index contributed by atoms with van der Waals surface area (Å²) in [5.41, 5.74) is -1.25. The number of carbonyl (C=O) groups is 1. The lowest BCUT2D eigenvalue weighted by Gasteiger charge is -2.50. The molecule has 2 N–H and O–H groups in total. The first-order valence-electron chi connectivity index (χ1n) is 9.80. The molecule has 3 rings (SSSR count).